The predicted octanol–water partition coefficient (Wildman–Crippen LogP) is 23.8. The molecule has 0 saturated carbocycles. The van der Waals surface area contributed by atoms with E-state index in [-0.39, 0.29) is 0 Å². The van der Waals surface area contributed by atoms with Crippen LogP contribution in [-0.2, 0) is 51.4 Å². The van der Waals surface area contributed by atoms with Gasteiger partial charge in [-0.25, -0.2) is 19.9 Å². The van der Waals surface area contributed by atoms with E-state index in [4.69, 9.17) is 0 Å². The van der Waals surface area contributed by atoms with E-state index in [9.17, 15) is 0 Å². The van der Waals surface area contributed by atoms with Crippen molar-refractivity contribution in [2.24, 2.45) is 0 Å². The Kier molecular flexibility index (Phi) is 84.5. The van der Waals surface area contributed by atoms with Crippen LogP contribution in [0.5, 0.6) is 0 Å². The van der Waals surface area contributed by atoms with Crippen molar-refractivity contribution in [3.05, 3.63) is 237 Å². The van der Waals surface area contributed by atoms with Gasteiger partial charge in [0.15, 0.2) is 0 Å². The Morgan fingerprint density at radius 3 is 0.886 bits per heavy atom. The third kappa shape index (κ3) is 51.3. The molecule has 0 aliphatic carbocycles. The van der Waals surface area contributed by atoms with Crippen LogP contribution in [-0.4, -0.2) is 39.9 Å². The van der Waals surface area contributed by atoms with E-state index in [1.165, 1.54) is 72.6 Å². The summed E-state index contributed by atoms with van der Waals surface area (Å²) in [6, 6.07) is 29.2. The highest BCUT2D eigenvalue weighted by atomic mass is 14.8. The third-order valence-electron chi connectivity index (χ3n) is 12.1. The number of hydrogen-bond donors (Lipinski definition) is 0. The van der Waals surface area contributed by atoms with Gasteiger partial charge >= 0.3 is 0 Å². The zero-order valence-electron chi connectivity index (χ0n) is 63.1. The lowest BCUT2D eigenvalue weighted by Crippen LogP contribution is -1.95. The second kappa shape index (κ2) is 76.3. The van der Waals surface area contributed by atoms with Crippen molar-refractivity contribution in [2.75, 3.05) is 0 Å². The summed E-state index contributed by atoms with van der Waals surface area (Å²) in [6.45, 7) is 65.7. The highest BCUT2D eigenvalue weighted by Gasteiger charge is 1.99. The monoisotopic (exact) mass is 1210 g/mol. The maximum absolute atomic E-state index is 4.27. The SMILES string of the molecule is CC.CC.CC.CC.CC.CC.CC.CC.CCc1ccccc1CC.CCc1cccnc1CC.CCc1ccncc1CC.CCc1cncnc1CC.Cc1ccccc1C.Cc1cccnc1C.Cc1ccncc1C.Cc1cncnc1C. The second-order valence-corrected chi connectivity index (χ2v) is 17.1. The summed E-state index contributed by atoms with van der Waals surface area (Å²) in [6.07, 6.45) is 26.7. The van der Waals surface area contributed by atoms with Gasteiger partial charge in [0, 0.05) is 72.4 Å². The van der Waals surface area contributed by atoms with E-state index in [0.717, 1.165) is 68.3 Å². The summed E-state index contributed by atoms with van der Waals surface area (Å²) in [4.78, 5) is 32.3. The standard InChI is InChI=1S/C10H14.2C9H13N.C8H12N2.C8H10.2C7H9N.C6H8N2.8C2H6/c1-3-9-7-5-6-8-10(9)4-2;1-3-8-5-6-10-7-9(8)4-2;1-3-8-6-5-7-10-9(8)4-2;1-3-7-5-9-6-10-8(7)4-2;1-7-5-3-4-6-8(7)2;1-6-3-4-8-5-7(6)2;1-6-4-3-5-8-7(6)2;1-5-3-7-4-8-6(5)2;8*1-2/h5-8H,3-4H2,1-2H3;2*5-7H,3-4H2,1-2H3;5-6H,3-4H2,1-2H3;3-6H,1-2H3;2*3-5H,1-2H3;3-4H,1-2H3;8*1-2H3. The molecule has 6 heterocycles. The molecule has 8 rings (SSSR count). The first-order valence-electron chi connectivity index (χ1n) is 33.9. The zero-order chi connectivity index (χ0) is 69.5. The number of aromatic nitrogens is 8. The summed E-state index contributed by atoms with van der Waals surface area (Å²) in [7, 11) is 0. The van der Waals surface area contributed by atoms with E-state index in [1.54, 1.807) is 12.7 Å². The highest BCUT2D eigenvalue weighted by Crippen LogP contribution is 2.10. The fourth-order valence-electron chi connectivity index (χ4n) is 6.71. The largest absolute Gasteiger partial charge is 0.264 e. The van der Waals surface area contributed by atoms with Crippen molar-refractivity contribution >= 4 is 0 Å². The number of rotatable bonds is 8. The first kappa shape index (κ1) is 97.5. The molecule has 0 radical (unpaired) electrons. The molecule has 8 aromatic rings. The topological polar surface area (TPSA) is 103 Å². The van der Waals surface area contributed by atoms with Crippen LogP contribution in [0.1, 0.15) is 256 Å². The minimum atomic E-state index is 1.01. The lowest BCUT2D eigenvalue weighted by molar-refractivity contribution is 0.930. The number of hydrogen-bond acceptors (Lipinski definition) is 8. The maximum Gasteiger partial charge on any atom is 0.115 e. The van der Waals surface area contributed by atoms with Crippen molar-refractivity contribution < 1.29 is 0 Å². The molecule has 0 aliphatic heterocycles. The van der Waals surface area contributed by atoms with Gasteiger partial charge in [0.2, 0.25) is 0 Å². The molecule has 0 aliphatic rings. The summed E-state index contributed by atoms with van der Waals surface area (Å²) in [5, 5.41) is 0. The smallest absolute Gasteiger partial charge is 0.115 e. The molecule has 0 atom stereocenters. The van der Waals surface area contributed by atoms with Gasteiger partial charge in [-0.2, -0.15) is 0 Å². The maximum atomic E-state index is 4.27. The Labute approximate surface area is 546 Å². The van der Waals surface area contributed by atoms with Crippen LogP contribution in [0, 0.1) is 55.4 Å². The zero-order valence-corrected chi connectivity index (χ0v) is 63.1. The molecule has 0 N–H and O–H groups in total. The van der Waals surface area contributed by atoms with Gasteiger partial charge in [0.05, 0.1) is 0 Å². The molecule has 0 saturated heterocycles. The molecular formula is C80H136N8. The van der Waals surface area contributed by atoms with Gasteiger partial charge in [-0.05, 0) is 198 Å². The van der Waals surface area contributed by atoms with Crippen LogP contribution in [0.25, 0.3) is 0 Å². The Morgan fingerprint density at radius 1 is 0.227 bits per heavy atom. The molecular weight excluding hydrogens is 1070 g/mol. The molecule has 2 aromatic carbocycles. The van der Waals surface area contributed by atoms with Crippen molar-refractivity contribution in [1.29, 1.82) is 0 Å². The Bertz CT molecular complexity index is 2100. The fraction of sp³-hybridized carbons (Fsp3) is 0.500. The van der Waals surface area contributed by atoms with Gasteiger partial charge < -0.3 is 0 Å². The molecule has 496 valence electrons. The molecule has 0 fully saturated rings. The number of pyridine rings is 4. The van der Waals surface area contributed by atoms with E-state index in [2.05, 4.69) is 197 Å². The van der Waals surface area contributed by atoms with Crippen LogP contribution in [0.2, 0.25) is 0 Å². The normalized spacial score (nSPS) is 8.36. The molecule has 0 bridgehead atoms. The summed E-state index contributed by atoms with van der Waals surface area (Å²) < 4.78 is 0. The number of benzene rings is 2. The summed E-state index contributed by atoms with van der Waals surface area (Å²) in [5.74, 6) is 0. The minimum Gasteiger partial charge on any atom is -0.264 e. The van der Waals surface area contributed by atoms with Gasteiger partial charge in [-0.3, -0.25) is 19.9 Å². The van der Waals surface area contributed by atoms with E-state index >= 15 is 0 Å². The van der Waals surface area contributed by atoms with Crippen LogP contribution in [0.15, 0.2) is 147 Å². The average Bonchev–Trinajstić information content (AvgIpc) is 3.65. The molecule has 88 heavy (non-hydrogen) atoms. The first-order chi connectivity index (χ1) is 42.7. The van der Waals surface area contributed by atoms with Crippen molar-refractivity contribution in [1.82, 2.24) is 39.9 Å². The summed E-state index contributed by atoms with van der Waals surface area (Å²) in [5.41, 5.74) is 20.7. The number of nitrogens with zero attached hydrogens (tertiary/aromatic N) is 8. The predicted molar refractivity (Wildman–Crippen MR) is 398 cm³/mol. The minimum absolute atomic E-state index is 1.01. The van der Waals surface area contributed by atoms with Gasteiger partial charge in [-0.1, -0.05) is 227 Å². The van der Waals surface area contributed by atoms with Crippen LogP contribution in [0.4, 0.5) is 0 Å². The quantitative estimate of drug-likeness (QED) is 0.148. The lowest BCUT2D eigenvalue weighted by atomic mass is 10.0. The number of aryl methyl sites for hydroxylation is 16. The lowest BCUT2D eigenvalue weighted by Gasteiger charge is -2.02. The molecule has 0 unspecified atom stereocenters. The fourth-order valence-corrected chi connectivity index (χ4v) is 6.71. The second-order valence-electron chi connectivity index (χ2n) is 17.1. The van der Waals surface area contributed by atoms with Gasteiger partial charge in [-0.15, -0.1) is 0 Å². The van der Waals surface area contributed by atoms with Crippen molar-refractivity contribution in [2.45, 2.75) is 273 Å². The van der Waals surface area contributed by atoms with Crippen molar-refractivity contribution in [3.8, 4) is 0 Å². The Balaban J connectivity index is -0.000000134. The van der Waals surface area contributed by atoms with Crippen LogP contribution < -0.4 is 0 Å². The first-order valence-corrected chi connectivity index (χ1v) is 33.9. The molecule has 8 heteroatoms. The molecule has 6 aromatic heterocycles. The van der Waals surface area contributed by atoms with E-state index < -0.39 is 0 Å². The highest BCUT2D eigenvalue weighted by molar-refractivity contribution is 5.27. The van der Waals surface area contributed by atoms with Crippen molar-refractivity contribution in [3.63, 3.8) is 0 Å². The van der Waals surface area contributed by atoms with E-state index in [1.807, 2.05) is 199 Å². The summed E-state index contributed by atoms with van der Waals surface area (Å²) >= 11 is 0. The molecule has 0 spiro atoms. The van der Waals surface area contributed by atoms with Gasteiger partial charge in [0.25, 0.3) is 0 Å². The van der Waals surface area contributed by atoms with Crippen LogP contribution in [0.3, 0.4) is 0 Å². The average molecular weight is 1210 g/mol. The Hall–Kier alpha value is -6.80. The van der Waals surface area contributed by atoms with Gasteiger partial charge in [0.1, 0.15) is 12.7 Å². The van der Waals surface area contributed by atoms with E-state index in [0.29, 0.717) is 0 Å². The Morgan fingerprint density at radius 2 is 0.557 bits per heavy atom. The molecule has 8 nitrogen and oxygen atoms in total. The third-order valence-corrected chi connectivity index (χ3v) is 12.1. The van der Waals surface area contributed by atoms with Crippen LogP contribution >= 0.6 is 0 Å². The molecule has 0 amide bonds.